The van der Waals surface area contributed by atoms with Crippen LogP contribution in [0.2, 0.25) is 0 Å². The van der Waals surface area contributed by atoms with E-state index in [1.54, 1.807) is 0 Å². The minimum atomic E-state index is -4.34. The molecular weight excluding hydrogens is 284 g/mol. The van der Waals surface area contributed by atoms with Gasteiger partial charge in [-0.05, 0) is 12.8 Å². The fraction of sp³-hybridized carbons (Fsp3) is 1.00. The topological polar surface area (TPSA) is 34.1 Å². The third-order valence-corrected chi connectivity index (χ3v) is 3.62. The van der Waals surface area contributed by atoms with Gasteiger partial charge in [-0.3, -0.25) is 0 Å². The molecule has 0 aliphatic heterocycles. The second-order valence-corrected chi connectivity index (χ2v) is 6.28. The Labute approximate surface area is 112 Å². The van der Waals surface area contributed by atoms with Crippen molar-refractivity contribution in [3.63, 3.8) is 0 Å². The molecule has 0 bridgehead atoms. The minimum absolute atomic E-state index is 0.192. The van der Waals surface area contributed by atoms with E-state index >= 15 is 0 Å². The van der Waals surface area contributed by atoms with Crippen LogP contribution in [0.1, 0.15) is 64.2 Å². The van der Waals surface area contributed by atoms with Crippen LogP contribution in [0.3, 0.4) is 0 Å². The van der Waals surface area contributed by atoms with Crippen molar-refractivity contribution in [3.8, 4) is 0 Å². The lowest BCUT2D eigenvalue weighted by Gasteiger charge is -2.05. The molecule has 0 N–H and O–H groups in total. The molecule has 0 atom stereocenters. The maximum absolute atomic E-state index is 12.1. The van der Waals surface area contributed by atoms with Crippen molar-refractivity contribution in [3.05, 3.63) is 0 Å². The largest absolute Gasteiger partial charge is 0.389 e. The van der Waals surface area contributed by atoms with Gasteiger partial charge >= 0.3 is 16.4 Å². The monoisotopic (exact) mass is 306 g/mol. The first-order valence-corrected chi connectivity index (χ1v) is 8.25. The Hall–Kier alpha value is -0.330. The third kappa shape index (κ3) is 17.7. The summed E-state index contributed by atoms with van der Waals surface area (Å²) in [7, 11) is -4.34. The maximum Gasteiger partial charge on any atom is 0.389 e. The van der Waals surface area contributed by atoms with E-state index in [4.69, 9.17) is 0 Å². The zero-order valence-electron chi connectivity index (χ0n) is 11.0. The lowest BCUT2D eigenvalue weighted by Crippen LogP contribution is -2.06. The fourth-order valence-electron chi connectivity index (χ4n) is 1.84. The van der Waals surface area contributed by atoms with Gasteiger partial charge in [-0.25, -0.2) is 0 Å². The molecule has 0 rings (SSSR count). The zero-order chi connectivity index (χ0) is 14.8. The van der Waals surface area contributed by atoms with E-state index in [0.717, 1.165) is 32.1 Å². The summed E-state index contributed by atoms with van der Waals surface area (Å²) in [5.41, 5.74) is 0. The average Bonchev–Trinajstić information content (AvgIpc) is 2.22. The summed E-state index contributed by atoms with van der Waals surface area (Å²) >= 11 is 0. The molecule has 0 saturated carbocycles. The SMILES string of the molecule is O=S(=O)(F)CCCCCCCCCCCC(F)(F)F. The second kappa shape index (κ2) is 9.55. The first-order valence-electron chi connectivity index (χ1n) is 6.70. The summed E-state index contributed by atoms with van der Waals surface area (Å²) in [5, 5.41) is 0. The molecule has 0 aliphatic carbocycles. The van der Waals surface area contributed by atoms with Crippen LogP contribution in [-0.2, 0) is 10.2 Å². The lowest BCUT2D eigenvalue weighted by molar-refractivity contribution is -0.135. The van der Waals surface area contributed by atoms with Crippen molar-refractivity contribution in [1.29, 1.82) is 0 Å². The molecule has 0 heterocycles. The number of unbranched alkanes of at least 4 members (excludes halogenated alkanes) is 8. The van der Waals surface area contributed by atoms with Gasteiger partial charge in [0.05, 0.1) is 5.75 Å². The second-order valence-electron chi connectivity index (χ2n) is 4.79. The number of hydrogen-bond donors (Lipinski definition) is 0. The van der Waals surface area contributed by atoms with Gasteiger partial charge in [0.2, 0.25) is 0 Å². The van der Waals surface area contributed by atoms with Crippen LogP contribution < -0.4 is 0 Å². The summed E-state index contributed by atoms with van der Waals surface area (Å²) < 4.78 is 67.9. The summed E-state index contributed by atoms with van der Waals surface area (Å²) in [6, 6.07) is 0. The summed E-state index contributed by atoms with van der Waals surface area (Å²) in [5.74, 6) is -0.412. The summed E-state index contributed by atoms with van der Waals surface area (Å²) in [6.45, 7) is 0. The van der Waals surface area contributed by atoms with E-state index in [1.807, 2.05) is 0 Å². The van der Waals surface area contributed by atoms with E-state index < -0.39 is 28.6 Å². The minimum Gasteiger partial charge on any atom is -0.195 e. The first-order chi connectivity index (χ1) is 8.71. The molecule has 19 heavy (non-hydrogen) atoms. The number of rotatable bonds is 11. The van der Waals surface area contributed by atoms with E-state index in [-0.39, 0.29) is 6.42 Å². The van der Waals surface area contributed by atoms with Gasteiger partial charge in [-0.2, -0.15) is 21.6 Å². The molecule has 0 fully saturated rings. The van der Waals surface area contributed by atoms with Crippen LogP contribution in [0.25, 0.3) is 0 Å². The van der Waals surface area contributed by atoms with Crippen LogP contribution in [0.15, 0.2) is 0 Å². The Balaban J connectivity index is 3.16. The predicted octanol–water partition coefficient (Wildman–Crippen LogP) is 4.75. The van der Waals surface area contributed by atoms with Crippen molar-refractivity contribution in [2.45, 2.75) is 70.4 Å². The van der Waals surface area contributed by atoms with Gasteiger partial charge in [0.25, 0.3) is 0 Å². The van der Waals surface area contributed by atoms with Gasteiger partial charge in [0.15, 0.2) is 0 Å². The summed E-state index contributed by atoms with van der Waals surface area (Å²) in [4.78, 5) is 0. The third-order valence-electron chi connectivity index (χ3n) is 2.85. The Morgan fingerprint density at radius 3 is 1.42 bits per heavy atom. The molecule has 0 spiro atoms. The molecular formula is C12H22F4O2S. The highest BCUT2D eigenvalue weighted by atomic mass is 32.3. The molecule has 0 radical (unpaired) electrons. The fourth-order valence-corrected chi connectivity index (χ4v) is 2.39. The Bertz CT molecular complexity index is 312. The van der Waals surface area contributed by atoms with Gasteiger partial charge in [-0.15, -0.1) is 3.89 Å². The van der Waals surface area contributed by atoms with Crippen LogP contribution in [-0.4, -0.2) is 20.3 Å². The van der Waals surface area contributed by atoms with E-state index in [0.29, 0.717) is 19.3 Å². The quantitative estimate of drug-likeness (QED) is 0.313. The highest BCUT2D eigenvalue weighted by Crippen LogP contribution is 2.23. The van der Waals surface area contributed by atoms with Crippen molar-refractivity contribution in [1.82, 2.24) is 0 Å². The first kappa shape index (κ1) is 18.7. The van der Waals surface area contributed by atoms with Gasteiger partial charge in [0, 0.05) is 6.42 Å². The zero-order valence-corrected chi connectivity index (χ0v) is 11.8. The lowest BCUT2D eigenvalue weighted by atomic mass is 10.1. The van der Waals surface area contributed by atoms with Crippen LogP contribution in [0.4, 0.5) is 17.1 Å². The summed E-state index contributed by atoms with van der Waals surface area (Å²) in [6.07, 6.45) is 1.47. The molecule has 0 amide bonds. The molecule has 0 aromatic carbocycles. The molecule has 2 nitrogen and oxygen atoms in total. The normalized spacial score (nSPS) is 12.8. The van der Waals surface area contributed by atoms with Crippen molar-refractivity contribution in [2.24, 2.45) is 0 Å². The van der Waals surface area contributed by atoms with Gasteiger partial charge in [-0.1, -0.05) is 44.9 Å². The average molecular weight is 306 g/mol. The molecule has 0 aromatic heterocycles. The standard InChI is InChI=1S/C12H22F4O2S/c13-12(14,15)10-8-6-4-2-1-3-5-7-9-11-19(16,17)18/h1-11H2. The highest BCUT2D eigenvalue weighted by molar-refractivity contribution is 7.86. The maximum atomic E-state index is 12.1. The highest BCUT2D eigenvalue weighted by Gasteiger charge is 2.25. The molecule has 7 heteroatoms. The van der Waals surface area contributed by atoms with Crippen molar-refractivity contribution in [2.75, 3.05) is 5.75 Å². The van der Waals surface area contributed by atoms with Crippen molar-refractivity contribution >= 4 is 10.2 Å². The molecule has 0 saturated heterocycles. The number of halogens is 4. The number of alkyl halides is 3. The molecule has 116 valence electrons. The van der Waals surface area contributed by atoms with Crippen LogP contribution in [0.5, 0.6) is 0 Å². The van der Waals surface area contributed by atoms with Crippen molar-refractivity contribution < 1.29 is 25.5 Å². The van der Waals surface area contributed by atoms with Gasteiger partial charge < -0.3 is 0 Å². The van der Waals surface area contributed by atoms with Crippen LogP contribution in [0, 0.1) is 0 Å². The van der Waals surface area contributed by atoms with Gasteiger partial charge in [0.1, 0.15) is 0 Å². The molecule has 0 aromatic rings. The Morgan fingerprint density at radius 1 is 0.684 bits per heavy atom. The smallest absolute Gasteiger partial charge is 0.195 e. The Morgan fingerprint density at radius 2 is 1.05 bits per heavy atom. The number of hydrogen-bond acceptors (Lipinski definition) is 2. The molecule has 0 unspecified atom stereocenters. The molecule has 0 aliphatic rings. The van der Waals surface area contributed by atoms with E-state index in [1.165, 1.54) is 0 Å². The van der Waals surface area contributed by atoms with Crippen LogP contribution >= 0.6 is 0 Å². The predicted molar refractivity (Wildman–Crippen MR) is 67.1 cm³/mol. The Kier molecular flexibility index (Phi) is 9.39. The van der Waals surface area contributed by atoms with E-state index in [9.17, 15) is 25.5 Å². The van der Waals surface area contributed by atoms with E-state index in [2.05, 4.69) is 0 Å².